The van der Waals surface area contributed by atoms with Gasteiger partial charge in [0.1, 0.15) is 5.75 Å². The number of hydrogen-bond donors (Lipinski definition) is 0. The summed E-state index contributed by atoms with van der Waals surface area (Å²) >= 11 is 0. The number of rotatable bonds is 8. The fourth-order valence-electron chi connectivity index (χ4n) is 3.36. The number of hydrogen-bond acceptors (Lipinski definition) is 7. The van der Waals surface area contributed by atoms with Gasteiger partial charge < -0.3 is 9.64 Å². The largest absolute Gasteiger partial charge is 0.494 e. The smallest absolute Gasteiger partial charge is 0.243 e. The Bertz CT molecular complexity index is 1060. The van der Waals surface area contributed by atoms with Gasteiger partial charge in [-0.05, 0) is 48.9 Å². The average molecular weight is 443 g/mol. The van der Waals surface area contributed by atoms with Crippen LogP contribution < -0.4 is 9.64 Å². The standard InChI is InChI=1S/C21H26N6O3S/c1-2-3-17-30-18-5-7-19(8-6-18)31(28,29)26-15-13-25(14-16-26)20-9-10-21(24-23-20)27-12-4-11-22-27/h4-12H,2-3,13-17H2,1H3. The SMILES string of the molecule is CCCCOc1ccc(S(=O)(=O)N2CCN(c3ccc(-n4cccn4)nn3)CC2)cc1. The molecule has 2 aromatic heterocycles. The summed E-state index contributed by atoms with van der Waals surface area (Å²) in [4.78, 5) is 2.32. The molecule has 0 bridgehead atoms. The van der Waals surface area contributed by atoms with Gasteiger partial charge in [-0.15, -0.1) is 10.2 Å². The number of aromatic nitrogens is 4. The molecule has 9 nitrogen and oxygen atoms in total. The summed E-state index contributed by atoms with van der Waals surface area (Å²) in [6, 6.07) is 12.2. The molecule has 0 unspecified atom stereocenters. The zero-order valence-corrected chi connectivity index (χ0v) is 18.3. The Morgan fingerprint density at radius 3 is 2.29 bits per heavy atom. The van der Waals surface area contributed by atoms with E-state index in [1.807, 2.05) is 23.1 Å². The van der Waals surface area contributed by atoms with Crippen LogP contribution in [-0.2, 0) is 10.0 Å². The molecule has 0 spiro atoms. The first-order chi connectivity index (χ1) is 15.1. The summed E-state index contributed by atoms with van der Waals surface area (Å²) in [6.07, 6.45) is 5.51. The lowest BCUT2D eigenvalue weighted by atomic mass is 10.3. The van der Waals surface area contributed by atoms with E-state index in [9.17, 15) is 8.42 Å². The fourth-order valence-corrected chi connectivity index (χ4v) is 4.78. The maximum Gasteiger partial charge on any atom is 0.243 e. The lowest BCUT2D eigenvalue weighted by molar-refractivity contribution is 0.309. The van der Waals surface area contributed by atoms with Gasteiger partial charge in [0.05, 0.1) is 11.5 Å². The third kappa shape index (κ3) is 4.86. The number of sulfonamides is 1. The van der Waals surface area contributed by atoms with Crippen molar-refractivity contribution in [1.29, 1.82) is 0 Å². The zero-order valence-electron chi connectivity index (χ0n) is 17.5. The maximum absolute atomic E-state index is 13.0. The Labute approximate surface area is 182 Å². The van der Waals surface area contributed by atoms with Crippen LogP contribution in [0.1, 0.15) is 19.8 Å². The molecule has 0 saturated carbocycles. The zero-order chi connectivity index (χ0) is 21.7. The summed E-state index contributed by atoms with van der Waals surface area (Å²) in [5, 5.41) is 12.6. The van der Waals surface area contributed by atoms with Crippen LogP contribution in [-0.4, -0.2) is 65.5 Å². The van der Waals surface area contributed by atoms with Gasteiger partial charge >= 0.3 is 0 Å². The van der Waals surface area contributed by atoms with Gasteiger partial charge in [-0.25, -0.2) is 13.1 Å². The molecule has 10 heteroatoms. The highest BCUT2D eigenvalue weighted by Gasteiger charge is 2.29. The summed E-state index contributed by atoms with van der Waals surface area (Å²) in [7, 11) is -3.54. The van der Waals surface area contributed by atoms with Crippen molar-refractivity contribution >= 4 is 15.8 Å². The molecule has 4 rings (SSSR count). The predicted octanol–water partition coefficient (Wildman–Crippen LogP) is 2.35. The van der Waals surface area contributed by atoms with Crippen LogP contribution in [0.15, 0.2) is 59.8 Å². The maximum atomic E-state index is 13.0. The number of anilines is 1. The fraction of sp³-hybridized carbons (Fsp3) is 0.381. The van der Waals surface area contributed by atoms with Crippen molar-refractivity contribution in [2.45, 2.75) is 24.7 Å². The van der Waals surface area contributed by atoms with E-state index < -0.39 is 10.0 Å². The third-order valence-electron chi connectivity index (χ3n) is 5.17. The van der Waals surface area contributed by atoms with Crippen LogP contribution in [0.3, 0.4) is 0 Å². The van der Waals surface area contributed by atoms with E-state index in [2.05, 4.69) is 22.2 Å². The van der Waals surface area contributed by atoms with Crippen molar-refractivity contribution in [3.8, 4) is 11.6 Å². The summed E-state index contributed by atoms with van der Waals surface area (Å²) < 4.78 is 34.8. The monoisotopic (exact) mass is 442 g/mol. The van der Waals surface area contributed by atoms with Crippen molar-refractivity contribution in [3.63, 3.8) is 0 Å². The second-order valence-electron chi connectivity index (χ2n) is 7.26. The van der Waals surface area contributed by atoms with E-state index in [4.69, 9.17) is 4.74 Å². The van der Waals surface area contributed by atoms with Crippen molar-refractivity contribution in [3.05, 3.63) is 54.9 Å². The predicted molar refractivity (Wildman–Crippen MR) is 117 cm³/mol. The molecule has 1 fully saturated rings. The minimum Gasteiger partial charge on any atom is -0.494 e. The van der Waals surface area contributed by atoms with Crippen LogP contribution in [0.2, 0.25) is 0 Å². The molecule has 0 radical (unpaired) electrons. The Morgan fingerprint density at radius 1 is 0.968 bits per heavy atom. The third-order valence-corrected chi connectivity index (χ3v) is 7.08. The number of unbranched alkanes of at least 4 members (excludes halogenated alkanes) is 1. The molecule has 1 aliphatic heterocycles. The molecule has 31 heavy (non-hydrogen) atoms. The quantitative estimate of drug-likeness (QED) is 0.494. The van der Waals surface area contributed by atoms with Crippen LogP contribution in [0.4, 0.5) is 5.82 Å². The van der Waals surface area contributed by atoms with Crippen LogP contribution in [0.5, 0.6) is 5.75 Å². The van der Waals surface area contributed by atoms with E-state index in [0.29, 0.717) is 44.4 Å². The van der Waals surface area contributed by atoms with Crippen molar-refractivity contribution in [1.82, 2.24) is 24.3 Å². The van der Waals surface area contributed by atoms with Crippen molar-refractivity contribution in [2.75, 3.05) is 37.7 Å². The van der Waals surface area contributed by atoms with Crippen LogP contribution in [0, 0.1) is 0 Å². The van der Waals surface area contributed by atoms with Gasteiger partial charge in [0.15, 0.2) is 11.6 Å². The molecule has 0 amide bonds. The van der Waals surface area contributed by atoms with Gasteiger partial charge in [-0.3, -0.25) is 0 Å². The first kappa shape index (κ1) is 21.3. The van der Waals surface area contributed by atoms with Gasteiger partial charge in [0.2, 0.25) is 10.0 Å². The number of piperazine rings is 1. The van der Waals surface area contributed by atoms with Crippen LogP contribution in [0.25, 0.3) is 5.82 Å². The minimum absolute atomic E-state index is 0.284. The molecule has 3 aromatic rings. The molecule has 0 N–H and O–H groups in total. The normalized spacial score (nSPS) is 15.2. The Morgan fingerprint density at radius 2 is 1.68 bits per heavy atom. The van der Waals surface area contributed by atoms with Crippen molar-refractivity contribution in [2.24, 2.45) is 0 Å². The number of nitrogens with zero attached hydrogens (tertiary/aromatic N) is 6. The second-order valence-corrected chi connectivity index (χ2v) is 9.20. The van der Waals surface area contributed by atoms with E-state index in [-0.39, 0.29) is 4.90 Å². The lowest BCUT2D eigenvalue weighted by Gasteiger charge is -2.34. The molecule has 1 saturated heterocycles. The first-order valence-corrected chi connectivity index (χ1v) is 11.8. The Hall–Kier alpha value is -2.98. The summed E-state index contributed by atoms with van der Waals surface area (Å²) in [5.41, 5.74) is 0. The molecule has 0 aliphatic carbocycles. The Kier molecular flexibility index (Phi) is 6.47. The number of benzene rings is 1. The molecule has 1 aliphatic rings. The van der Waals surface area contributed by atoms with Gasteiger partial charge in [0.25, 0.3) is 0 Å². The number of ether oxygens (including phenoxy) is 1. The molecule has 0 atom stereocenters. The van der Waals surface area contributed by atoms with Crippen LogP contribution >= 0.6 is 0 Å². The molecular weight excluding hydrogens is 416 g/mol. The minimum atomic E-state index is -3.54. The van der Waals surface area contributed by atoms with E-state index >= 15 is 0 Å². The molecule has 1 aromatic carbocycles. The van der Waals surface area contributed by atoms with Gasteiger partial charge in [0, 0.05) is 38.6 Å². The highest BCUT2D eigenvalue weighted by Crippen LogP contribution is 2.22. The molecule has 164 valence electrons. The Balaban J connectivity index is 1.36. The summed E-state index contributed by atoms with van der Waals surface area (Å²) in [5.74, 6) is 2.05. The second kappa shape index (κ2) is 9.44. The van der Waals surface area contributed by atoms with E-state index in [0.717, 1.165) is 18.7 Å². The topological polar surface area (TPSA) is 93.5 Å². The molecule has 3 heterocycles. The highest BCUT2D eigenvalue weighted by molar-refractivity contribution is 7.89. The van der Waals surface area contributed by atoms with E-state index in [1.54, 1.807) is 41.3 Å². The lowest BCUT2D eigenvalue weighted by Crippen LogP contribution is -2.49. The van der Waals surface area contributed by atoms with E-state index in [1.165, 1.54) is 4.31 Å². The van der Waals surface area contributed by atoms with Crippen molar-refractivity contribution < 1.29 is 13.2 Å². The summed E-state index contributed by atoms with van der Waals surface area (Å²) in [6.45, 7) is 4.61. The molecular formula is C21H26N6O3S. The first-order valence-electron chi connectivity index (χ1n) is 10.4. The average Bonchev–Trinajstić information content (AvgIpc) is 3.35. The highest BCUT2D eigenvalue weighted by atomic mass is 32.2. The van der Waals surface area contributed by atoms with Gasteiger partial charge in [-0.2, -0.15) is 9.40 Å². The van der Waals surface area contributed by atoms with Gasteiger partial charge in [-0.1, -0.05) is 13.3 Å².